The standard InChI is InChI=1S/C21H26N6O3.C6H10N2.C2H6.CH2O/c1-5-8-14(23-3)9-7-10-15-16(11-27-18(15)19(22)24-13-25-27)20-26(4)17(12-30-20)21(28)29-6-2;1-7-6-4-2-3-5-8-6;2*1-2/h5,7-9,11-13,20,23H,1,6,10H2,2-4H3,(H2,22,24,25);2,4H,3,5H2,1H3,(H,7,8);1-2H3;1H2/b9-7-,14-8+;;;. The fourth-order valence-electron chi connectivity index (χ4n) is 4.00. The Bertz CT molecular complexity index is 1310. The number of carbonyl (C=O) groups is 2. The number of ether oxygens (including phenoxy) is 2. The van der Waals surface area contributed by atoms with Crippen LogP contribution in [0.3, 0.4) is 0 Å². The van der Waals surface area contributed by atoms with E-state index in [1.807, 2.05) is 58.2 Å². The number of nitrogens with two attached hydrogens (primary N) is 1. The van der Waals surface area contributed by atoms with Crippen LogP contribution in [-0.4, -0.2) is 72.4 Å². The Morgan fingerprint density at radius 1 is 1.38 bits per heavy atom. The van der Waals surface area contributed by atoms with Gasteiger partial charge in [-0.1, -0.05) is 38.7 Å². The van der Waals surface area contributed by atoms with Gasteiger partial charge in [0.05, 0.1) is 6.61 Å². The van der Waals surface area contributed by atoms with Gasteiger partial charge in [-0.3, -0.25) is 4.99 Å². The molecule has 42 heavy (non-hydrogen) atoms. The molecule has 4 heterocycles. The molecule has 0 aliphatic carbocycles. The number of amidine groups is 1. The SMILES string of the molecule is C=C/C=C(\C=C/Cc1c(C2OC=C(C(=O)OCC)N2C)cn2ncnc(N)c12)NC.C=O.CC.CN=C1C=CCCN1. The smallest absolute Gasteiger partial charge is 0.357 e. The molecule has 0 amide bonds. The summed E-state index contributed by atoms with van der Waals surface area (Å²) in [5.41, 5.74) is 9.87. The predicted octanol–water partition coefficient (Wildman–Crippen LogP) is 3.47. The van der Waals surface area contributed by atoms with Crippen LogP contribution < -0.4 is 16.4 Å². The van der Waals surface area contributed by atoms with E-state index in [1.54, 1.807) is 36.5 Å². The molecular weight excluding hydrogens is 536 g/mol. The minimum absolute atomic E-state index is 0.291. The fraction of sp³-hybridized carbons (Fsp3) is 0.367. The van der Waals surface area contributed by atoms with Gasteiger partial charge in [0, 0.05) is 45.1 Å². The molecule has 228 valence electrons. The van der Waals surface area contributed by atoms with Crippen molar-refractivity contribution in [3.63, 3.8) is 0 Å². The van der Waals surface area contributed by atoms with Crippen LogP contribution in [0.15, 0.2) is 78.2 Å². The van der Waals surface area contributed by atoms with Crippen LogP contribution in [0.1, 0.15) is 44.5 Å². The summed E-state index contributed by atoms with van der Waals surface area (Å²) in [6, 6.07) is 0. The van der Waals surface area contributed by atoms with Crippen molar-refractivity contribution in [2.75, 3.05) is 40.0 Å². The molecule has 0 fully saturated rings. The third kappa shape index (κ3) is 9.36. The van der Waals surface area contributed by atoms with E-state index in [-0.39, 0.29) is 0 Å². The highest BCUT2D eigenvalue weighted by Gasteiger charge is 2.34. The number of nitrogens with one attached hydrogen (secondary N) is 2. The third-order valence-corrected chi connectivity index (χ3v) is 5.87. The van der Waals surface area contributed by atoms with E-state index >= 15 is 0 Å². The molecule has 1 atom stereocenters. The number of likely N-dealkylation sites (N-methyl/N-ethyl adjacent to an activating group) is 2. The van der Waals surface area contributed by atoms with E-state index < -0.39 is 12.2 Å². The Morgan fingerprint density at radius 3 is 2.69 bits per heavy atom. The van der Waals surface area contributed by atoms with Crippen molar-refractivity contribution in [2.45, 2.75) is 39.8 Å². The van der Waals surface area contributed by atoms with Crippen molar-refractivity contribution in [3.05, 3.63) is 84.3 Å². The fourth-order valence-corrected chi connectivity index (χ4v) is 4.00. The Balaban J connectivity index is 0.000000620. The summed E-state index contributed by atoms with van der Waals surface area (Å²) in [6.45, 7) is 12.8. The largest absolute Gasteiger partial charge is 0.471 e. The molecule has 2 aromatic rings. The average molecular weight is 581 g/mol. The molecule has 1 unspecified atom stereocenters. The quantitative estimate of drug-likeness (QED) is 0.313. The van der Waals surface area contributed by atoms with Gasteiger partial charge in [-0.05, 0) is 43.6 Å². The van der Waals surface area contributed by atoms with E-state index in [4.69, 9.17) is 20.0 Å². The van der Waals surface area contributed by atoms with Gasteiger partial charge in [0.25, 0.3) is 0 Å². The maximum atomic E-state index is 12.2. The van der Waals surface area contributed by atoms with E-state index in [9.17, 15) is 4.79 Å². The maximum absolute atomic E-state index is 12.2. The Morgan fingerprint density at radius 2 is 2.12 bits per heavy atom. The summed E-state index contributed by atoms with van der Waals surface area (Å²) in [6.07, 6.45) is 17.5. The summed E-state index contributed by atoms with van der Waals surface area (Å²) < 4.78 is 12.6. The van der Waals surface area contributed by atoms with Crippen LogP contribution >= 0.6 is 0 Å². The van der Waals surface area contributed by atoms with Crippen molar-refractivity contribution < 1.29 is 19.1 Å². The Kier molecular flexibility index (Phi) is 16.1. The van der Waals surface area contributed by atoms with Gasteiger partial charge in [0.15, 0.2) is 17.7 Å². The topological polar surface area (TPSA) is 148 Å². The van der Waals surface area contributed by atoms with Gasteiger partial charge < -0.3 is 35.5 Å². The monoisotopic (exact) mass is 580 g/mol. The molecule has 0 aromatic carbocycles. The highest BCUT2D eigenvalue weighted by atomic mass is 16.5. The first-order chi connectivity index (χ1) is 20.4. The number of aliphatic imine (C=N–C) groups is 1. The first-order valence-corrected chi connectivity index (χ1v) is 13.6. The molecule has 4 N–H and O–H groups in total. The van der Waals surface area contributed by atoms with Crippen LogP contribution in [0, 0.1) is 0 Å². The number of carbonyl (C=O) groups excluding carboxylic acids is 2. The molecule has 0 saturated heterocycles. The van der Waals surface area contributed by atoms with Crippen LogP contribution in [0.4, 0.5) is 5.82 Å². The Labute approximate surface area is 248 Å². The summed E-state index contributed by atoms with van der Waals surface area (Å²) in [5, 5.41) is 10.5. The molecule has 2 aliphatic heterocycles. The molecule has 0 radical (unpaired) electrons. The summed E-state index contributed by atoms with van der Waals surface area (Å²) in [7, 11) is 5.41. The minimum Gasteiger partial charge on any atom is -0.471 e. The second kappa shape index (κ2) is 19.2. The predicted molar refractivity (Wildman–Crippen MR) is 167 cm³/mol. The number of hydrogen-bond donors (Lipinski definition) is 3. The number of nitrogens with zero attached hydrogens (tertiary/aromatic N) is 5. The molecule has 0 saturated carbocycles. The number of hydrogen-bond acceptors (Lipinski definition) is 10. The Hall–Kier alpha value is -4.87. The molecule has 2 aromatic heterocycles. The highest BCUT2D eigenvalue weighted by molar-refractivity contribution is 5.93. The number of aromatic nitrogens is 3. The second-order valence-electron chi connectivity index (χ2n) is 8.27. The molecule has 12 nitrogen and oxygen atoms in total. The van der Waals surface area contributed by atoms with Crippen LogP contribution in [0.25, 0.3) is 5.52 Å². The lowest BCUT2D eigenvalue weighted by atomic mass is 10.1. The van der Waals surface area contributed by atoms with Gasteiger partial charge in [-0.25, -0.2) is 14.3 Å². The first kappa shape index (κ1) is 35.2. The molecule has 0 spiro atoms. The van der Waals surface area contributed by atoms with Crippen LogP contribution in [0.5, 0.6) is 0 Å². The summed E-state index contributed by atoms with van der Waals surface area (Å²) >= 11 is 0. The van der Waals surface area contributed by atoms with E-state index in [0.29, 0.717) is 30.1 Å². The zero-order chi connectivity index (χ0) is 31.5. The van der Waals surface area contributed by atoms with Crippen molar-refractivity contribution in [3.8, 4) is 0 Å². The van der Waals surface area contributed by atoms with E-state index in [1.165, 1.54) is 12.6 Å². The highest BCUT2D eigenvalue weighted by Crippen LogP contribution is 2.36. The van der Waals surface area contributed by atoms with Crippen molar-refractivity contribution in [2.24, 2.45) is 4.99 Å². The normalized spacial score (nSPS) is 16.6. The van der Waals surface area contributed by atoms with E-state index in [2.05, 4.69) is 38.4 Å². The van der Waals surface area contributed by atoms with Gasteiger partial charge in [0.2, 0.25) is 0 Å². The summed E-state index contributed by atoms with van der Waals surface area (Å²) in [5.74, 6) is 0.936. The van der Waals surface area contributed by atoms with Gasteiger partial charge in [-0.15, -0.1) is 0 Å². The van der Waals surface area contributed by atoms with Crippen molar-refractivity contribution >= 4 is 29.9 Å². The first-order valence-electron chi connectivity index (χ1n) is 13.6. The lowest BCUT2D eigenvalue weighted by molar-refractivity contribution is -0.140. The lowest BCUT2D eigenvalue weighted by Gasteiger charge is -2.22. The van der Waals surface area contributed by atoms with E-state index in [0.717, 1.165) is 35.6 Å². The van der Waals surface area contributed by atoms with Crippen molar-refractivity contribution in [1.29, 1.82) is 0 Å². The minimum atomic E-state index is -0.513. The zero-order valence-electron chi connectivity index (χ0n) is 25.5. The van der Waals surface area contributed by atoms with Crippen LogP contribution in [-0.2, 0) is 25.5 Å². The number of anilines is 1. The zero-order valence-corrected chi connectivity index (χ0v) is 25.5. The number of fused-ring (bicyclic) bond motifs is 1. The molecular formula is C30H44N8O4. The third-order valence-electron chi connectivity index (χ3n) is 5.87. The van der Waals surface area contributed by atoms with Gasteiger partial charge in [-0.2, -0.15) is 5.10 Å². The molecule has 2 aliphatic rings. The van der Waals surface area contributed by atoms with Gasteiger partial charge >= 0.3 is 5.97 Å². The number of rotatable bonds is 8. The average Bonchev–Trinajstić information content (AvgIpc) is 3.60. The number of nitrogen functional groups attached to an aromatic ring is 1. The van der Waals surface area contributed by atoms with Crippen molar-refractivity contribution in [1.82, 2.24) is 30.1 Å². The molecule has 4 rings (SSSR count). The maximum Gasteiger partial charge on any atom is 0.357 e. The lowest BCUT2D eigenvalue weighted by Crippen LogP contribution is -2.25. The molecule has 12 heteroatoms. The second-order valence-corrected chi connectivity index (χ2v) is 8.27. The molecule has 0 bridgehead atoms. The van der Waals surface area contributed by atoms with Gasteiger partial charge in [0.1, 0.15) is 30.7 Å². The number of esters is 1. The summed E-state index contributed by atoms with van der Waals surface area (Å²) in [4.78, 5) is 30.0. The van der Waals surface area contributed by atoms with Crippen LogP contribution in [0.2, 0.25) is 0 Å². The number of allylic oxidation sites excluding steroid dienone is 4.